The van der Waals surface area contributed by atoms with E-state index in [4.69, 9.17) is 11.6 Å². The Labute approximate surface area is 103 Å². The van der Waals surface area contributed by atoms with Crippen LogP contribution >= 0.6 is 11.6 Å². The molecule has 0 saturated carbocycles. The van der Waals surface area contributed by atoms with Crippen molar-refractivity contribution in [2.45, 2.75) is 39.8 Å². The van der Waals surface area contributed by atoms with Crippen LogP contribution < -0.4 is 5.32 Å². The van der Waals surface area contributed by atoms with Crippen molar-refractivity contribution in [2.75, 3.05) is 0 Å². The third-order valence-corrected chi connectivity index (χ3v) is 2.58. The van der Waals surface area contributed by atoms with Crippen molar-refractivity contribution in [3.63, 3.8) is 0 Å². The van der Waals surface area contributed by atoms with Gasteiger partial charge in [0.1, 0.15) is 12.2 Å². The predicted molar refractivity (Wildman–Crippen MR) is 60.2 cm³/mol. The fraction of sp³-hybridized carbons (Fsp3) is 0.600. The highest BCUT2D eigenvalue weighted by Gasteiger charge is 2.21. The van der Waals surface area contributed by atoms with Crippen LogP contribution in [-0.4, -0.2) is 21.7 Å². The summed E-state index contributed by atoms with van der Waals surface area (Å²) in [5.41, 5.74) is -0.123. The molecule has 0 aliphatic carbocycles. The van der Waals surface area contributed by atoms with Crippen LogP contribution in [0.3, 0.4) is 0 Å². The van der Waals surface area contributed by atoms with E-state index in [-0.39, 0.29) is 23.5 Å². The lowest BCUT2D eigenvalue weighted by Gasteiger charge is -2.09. The Morgan fingerprint density at radius 2 is 2.12 bits per heavy atom. The van der Waals surface area contributed by atoms with E-state index < -0.39 is 12.1 Å². The number of halogens is 3. The molecule has 0 bridgehead atoms. The van der Waals surface area contributed by atoms with Crippen LogP contribution in [0.5, 0.6) is 0 Å². The fourth-order valence-electron chi connectivity index (χ4n) is 1.34. The monoisotopic (exact) mass is 265 g/mol. The van der Waals surface area contributed by atoms with Crippen molar-refractivity contribution in [1.82, 2.24) is 15.1 Å². The van der Waals surface area contributed by atoms with Gasteiger partial charge in [-0.3, -0.25) is 9.48 Å². The van der Waals surface area contributed by atoms with Gasteiger partial charge in [-0.1, -0.05) is 11.6 Å². The molecule has 0 saturated heterocycles. The predicted octanol–water partition coefficient (Wildman–Crippen LogP) is 2.31. The first-order chi connectivity index (χ1) is 7.82. The second-order valence-corrected chi connectivity index (χ2v) is 4.34. The third-order valence-electron chi connectivity index (χ3n) is 2.11. The molecule has 0 aliphatic heterocycles. The average molecular weight is 266 g/mol. The first-order valence-corrected chi connectivity index (χ1v) is 5.51. The Morgan fingerprint density at radius 1 is 1.53 bits per heavy atom. The van der Waals surface area contributed by atoms with Crippen molar-refractivity contribution in [3.8, 4) is 0 Å². The van der Waals surface area contributed by atoms with Gasteiger partial charge in [-0.05, 0) is 20.8 Å². The highest BCUT2D eigenvalue weighted by molar-refractivity contribution is 6.31. The zero-order valence-corrected chi connectivity index (χ0v) is 10.6. The molecule has 0 spiro atoms. The summed E-state index contributed by atoms with van der Waals surface area (Å²) in [7, 11) is 0. The first-order valence-electron chi connectivity index (χ1n) is 5.13. The van der Waals surface area contributed by atoms with Crippen LogP contribution in [0.4, 0.5) is 8.78 Å². The van der Waals surface area contributed by atoms with Crippen LogP contribution in [0, 0.1) is 6.92 Å². The zero-order chi connectivity index (χ0) is 13.2. The Morgan fingerprint density at radius 3 is 2.53 bits per heavy atom. The topological polar surface area (TPSA) is 46.9 Å². The smallest absolute Gasteiger partial charge is 0.283 e. The second kappa shape index (κ2) is 5.44. The summed E-state index contributed by atoms with van der Waals surface area (Å²) in [5, 5.41) is 6.19. The van der Waals surface area contributed by atoms with E-state index in [0.717, 1.165) is 0 Å². The Bertz CT molecular complexity index is 418. The van der Waals surface area contributed by atoms with Crippen LogP contribution in [-0.2, 0) is 11.3 Å². The van der Waals surface area contributed by atoms with Crippen LogP contribution in [0.2, 0.25) is 5.02 Å². The lowest BCUT2D eigenvalue weighted by Crippen LogP contribution is -2.33. The molecule has 0 atom stereocenters. The second-order valence-electron chi connectivity index (χ2n) is 3.97. The van der Waals surface area contributed by atoms with Crippen molar-refractivity contribution in [1.29, 1.82) is 0 Å². The van der Waals surface area contributed by atoms with Gasteiger partial charge in [0.2, 0.25) is 5.91 Å². The molecule has 0 unspecified atom stereocenters. The maximum atomic E-state index is 12.5. The van der Waals surface area contributed by atoms with Crippen molar-refractivity contribution >= 4 is 17.5 Å². The van der Waals surface area contributed by atoms with Gasteiger partial charge in [0, 0.05) is 6.04 Å². The van der Waals surface area contributed by atoms with E-state index in [9.17, 15) is 13.6 Å². The maximum absolute atomic E-state index is 12.5. The fourth-order valence-corrected chi connectivity index (χ4v) is 1.56. The highest BCUT2D eigenvalue weighted by atomic mass is 35.5. The van der Waals surface area contributed by atoms with E-state index in [1.54, 1.807) is 6.92 Å². The molecular weight excluding hydrogens is 252 g/mol. The number of alkyl halides is 2. The van der Waals surface area contributed by atoms with Gasteiger partial charge >= 0.3 is 0 Å². The summed E-state index contributed by atoms with van der Waals surface area (Å²) in [6, 6.07) is -0.0107. The molecule has 0 aliphatic rings. The number of nitrogens with zero attached hydrogens (tertiary/aromatic N) is 2. The molecule has 1 amide bonds. The van der Waals surface area contributed by atoms with E-state index in [0.29, 0.717) is 5.69 Å². The van der Waals surface area contributed by atoms with Gasteiger partial charge in [-0.2, -0.15) is 5.10 Å². The lowest BCUT2D eigenvalue weighted by atomic mass is 10.3. The van der Waals surface area contributed by atoms with Crippen molar-refractivity contribution < 1.29 is 13.6 Å². The lowest BCUT2D eigenvalue weighted by molar-refractivity contribution is -0.122. The molecule has 1 aromatic rings. The van der Waals surface area contributed by atoms with Crippen LogP contribution in [0.15, 0.2) is 0 Å². The molecule has 17 heavy (non-hydrogen) atoms. The average Bonchev–Trinajstić information content (AvgIpc) is 2.45. The van der Waals surface area contributed by atoms with Crippen LogP contribution in [0.25, 0.3) is 0 Å². The molecule has 4 nitrogen and oxygen atoms in total. The SMILES string of the molecule is Cc1c(Cl)c(C(F)F)nn1CC(=O)NC(C)C. The van der Waals surface area contributed by atoms with Gasteiger partial charge in [0.15, 0.2) is 0 Å². The number of hydrogen-bond donors (Lipinski definition) is 1. The number of rotatable bonds is 4. The Kier molecular flexibility index (Phi) is 4.45. The normalized spacial score (nSPS) is 11.3. The van der Waals surface area contributed by atoms with Gasteiger partial charge in [0.05, 0.1) is 10.7 Å². The van der Waals surface area contributed by atoms with Gasteiger partial charge in [-0.15, -0.1) is 0 Å². The largest absolute Gasteiger partial charge is 0.352 e. The molecule has 1 N–H and O–H groups in total. The summed E-state index contributed by atoms with van der Waals surface area (Å²) in [5.74, 6) is -0.289. The standard InChI is InChI=1S/C10H14ClF2N3O/c1-5(2)14-7(17)4-16-6(3)8(11)9(15-16)10(12)13/h5,10H,4H2,1-3H3,(H,14,17). The number of nitrogens with one attached hydrogen (secondary N) is 1. The Hall–Kier alpha value is -1.17. The molecule has 1 rings (SSSR count). The molecular formula is C10H14ClF2N3O. The summed E-state index contributed by atoms with van der Waals surface area (Å²) in [6.45, 7) is 5.05. The van der Waals surface area contributed by atoms with Crippen LogP contribution in [0.1, 0.15) is 31.7 Å². The van der Waals surface area contributed by atoms with E-state index in [2.05, 4.69) is 10.4 Å². The third kappa shape index (κ3) is 3.39. The number of amides is 1. The van der Waals surface area contributed by atoms with E-state index in [1.165, 1.54) is 4.68 Å². The van der Waals surface area contributed by atoms with Crippen molar-refractivity contribution in [3.05, 3.63) is 16.4 Å². The van der Waals surface area contributed by atoms with Gasteiger partial charge in [-0.25, -0.2) is 8.78 Å². The quantitative estimate of drug-likeness (QED) is 0.908. The molecule has 0 fully saturated rings. The Balaban J connectivity index is 2.85. The number of hydrogen-bond acceptors (Lipinski definition) is 2. The molecule has 0 radical (unpaired) electrons. The summed E-state index contributed by atoms with van der Waals surface area (Å²) in [6.07, 6.45) is -2.74. The first kappa shape index (κ1) is 13.9. The molecule has 0 aromatic carbocycles. The summed E-state index contributed by atoms with van der Waals surface area (Å²) < 4.78 is 26.2. The number of aromatic nitrogens is 2. The molecule has 7 heteroatoms. The minimum Gasteiger partial charge on any atom is -0.352 e. The summed E-state index contributed by atoms with van der Waals surface area (Å²) >= 11 is 5.70. The van der Waals surface area contributed by atoms with E-state index >= 15 is 0 Å². The number of carbonyl (C=O) groups excluding carboxylic acids is 1. The minimum absolute atomic E-state index is 0.0107. The zero-order valence-electron chi connectivity index (χ0n) is 9.80. The molecule has 1 aromatic heterocycles. The van der Waals surface area contributed by atoms with Gasteiger partial charge < -0.3 is 5.32 Å². The highest BCUT2D eigenvalue weighted by Crippen LogP contribution is 2.28. The summed E-state index contributed by atoms with van der Waals surface area (Å²) in [4.78, 5) is 11.5. The van der Waals surface area contributed by atoms with Crippen molar-refractivity contribution in [2.24, 2.45) is 0 Å². The minimum atomic E-state index is -2.74. The molecule has 1 heterocycles. The number of carbonyl (C=O) groups is 1. The maximum Gasteiger partial charge on any atom is 0.283 e. The molecule has 96 valence electrons. The van der Waals surface area contributed by atoms with Gasteiger partial charge in [0.25, 0.3) is 6.43 Å². The van der Waals surface area contributed by atoms with E-state index in [1.807, 2.05) is 13.8 Å².